The predicted molar refractivity (Wildman–Crippen MR) is 126 cm³/mol. The molecule has 0 atom stereocenters. The van der Waals surface area contributed by atoms with Gasteiger partial charge in [0.1, 0.15) is 0 Å². The molecule has 1 aromatic carbocycles. The molecule has 4 N–H and O–H groups in total. The van der Waals surface area contributed by atoms with E-state index in [1.54, 1.807) is 0 Å². The molecule has 0 unspecified atom stereocenters. The Bertz CT molecular complexity index is 1070. The second-order valence-electron chi connectivity index (χ2n) is 9.25. The zero-order valence-electron chi connectivity index (χ0n) is 19.1. The van der Waals surface area contributed by atoms with Crippen molar-refractivity contribution in [3.05, 3.63) is 47.2 Å². The molecule has 1 aliphatic carbocycles. The van der Waals surface area contributed by atoms with Crippen molar-refractivity contribution in [1.82, 2.24) is 19.7 Å². The monoisotopic (exact) mass is 421 g/mol. The summed E-state index contributed by atoms with van der Waals surface area (Å²) in [6.45, 7) is 9.44. The van der Waals surface area contributed by atoms with Crippen LogP contribution in [0.2, 0.25) is 0 Å². The molecule has 0 aliphatic heterocycles. The Balaban J connectivity index is 1.84. The van der Waals surface area contributed by atoms with Crippen molar-refractivity contribution in [2.45, 2.75) is 84.0 Å². The van der Waals surface area contributed by atoms with E-state index in [1.165, 1.54) is 5.56 Å². The van der Waals surface area contributed by atoms with Gasteiger partial charge >= 0.3 is 0 Å². The fourth-order valence-corrected chi connectivity index (χ4v) is 4.35. The molecule has 4 rings (SSSR count). The summed E-state index contributed by atoms with van der Waals surface area (Å²) in [5.41, 5.74) is 11.2. The minimum Gasteiger partial charge on any atom is -0.364 e. The highest BCUT2D eigenvalue weighted by Crippen LogP contribution is 2.28. The van der Waals surface area contributed by atoms with Crippen LogP contribution >= 0.6 is 0 Å². The van der Waals surface area contributed by atoms with Gasteiger partial charge in [-0.05, 0) is 51.0 Å². The second-order valence-corrected chi connectivity index (χ2v) is 9.25. The number of aromatic nitrogens is 4. The number of fused-ring (bicyclic) bond motifs is 1. The molecule has 3 aromatic rings. The van der Waals surface area contributed by atoms with Gasteiger partial charge in [0.15, 0.2) is 11.3 Å². The molecule has 7 nitrogen and oxygen atoms in total. The predicted octanol–water partition coefficient (Wildman–Crippen LogP) is 4.25. The van der Waals surface area contributed by atoms with E-state index in [0.29, 0.717) is 18.5 Å². The van der Waals surface area contributed by atoms with Gasteiger partial charge in [0.05, 0.1) is 17.3 Å². The number of hydrogen-bond acceptors (Lipinski definition) is 5. The Morgan fingerprint density at radius 1 is 1.13 bits per heavy atom. The SMILES string of the molecule is CC(C)c1[nH]nc2c(NCc3ccccc3)nc(=NC3CCC(N)CC3)n(C(C)C)c12. The minimum atomic E-state index is 0.220. The van der Waals surface area contributed by atoms with Gasteiger partial charge in [0.25, 0.3) is 0 Å². The van der Waals surface area contributed by atoms with Crippen LogP contribution in [0.15, 0.2) is 35.3 Å². The first-order chi connectivity index (χ1) is 14.9. The molecule has 2 aromatic heterocycles. The number of aromatic amines is 1. The third-order valence-corrected chi connectivity index (χ3v) is 6.10. The maximum atomic E-state index is 6.12. The van der Waals surface area contributed by atoms with Gasteiger partial charge in [-0.3, -0.25) is 5.10 Å². The van der Waals surface area contributed by atoms with Gasteiger partial charge < -0.3 is 15.6 Å². The number of anilines is 1. The van der Waals surface area contributed by atoms with Gasteiger partial charge in [0.2, 0.25) is 5.62 Å². The van der Waals surface area contributed by atoms with Crippen LogP contribution in [-0.4, -0.2) is 31.8 Å². The van der Waals surface area contributed by atoms with E-state index in [-0.39, 0.29) is 12.1 Å². The minimum absolute atomic E-state index is 0.220. The molecule has 0 bridgehead atoms. The normalized spacial score (nSPS) is 20.2. The second kappa shape index (κ2) is 9.22. The molecule has 0 radical (unpaired) electrons. The summed E-state index contributed by atoms with van der Waals surface area (Å²) in [6, 6.07) is 11.2. The lowest BCUT2D eigenvalue weighted by Crippen LogP contribution is -2.33. The first kappa shape index (κ1) is 21.6. The summed E-state index contributed by atoms with van der Waals surface area (Å²) in [7, 11) is 0. The van der Waals surface area contributed by atoms with Crippen LogP contribution in [-0.2, 0) is 6.54 Å². The Labute approximate surface area is 184 Å². The van der Waals surface area contributed by atoms with Crippen LogP contribution in [0.5, 0.6) is 0 Å². The lowest BCUT2D eigenvalue weighted by atomic mass is 9.92. The fourth-order valence-electron chi connectivity index (χ4n) is 4.35. The molecular formula is C24H35N7. The number of benzene rings is 1. The van der Waals surface area contributed by atoms with Crippen LogP contribution in [0, 0.1) is 0 Å². The fraction of sp³-hybridized carbons (Fsp3) is 0.542. The average Bonchev–Trinajstić information content (AvgIpc) is 3.19. The van der Waals surface area contributed by atoms with E-state index in [2.05, 4.69) is 72.0 Å². The molecule has 1 fully saturated rings. The lowest BCUT2D eigenvalue weighted by molar-refractivity contribution is 0.386. The van der Waals surface area contributed by atoms with Crippen molar-refractivity contribution in [2.75, 3.05) is 5.32 Å². The molecule has 2 heterocycles. The number of nitrogens with two attached hydrogens (primary N) is 1. The molecule has 0 spiro atoms. The zero-order valence-corrected chi connectivity index (χ0v) is 19.1. The Kier molecular flexibility index (Phi) is 6.41. The van der Waals surface area contributed by atoms with Crippen LogP contribution in [0.3, 0.4) is 0 Å². The Morgan fingerprint density at radius 3 is 2.48 bits per heavy atom. The largest absolute Gasteiger partial charge is 0.364 e. The number of H-pyrrole nitrogens is 1. The van der Waals surface area contributed by atoms with Crippen molar-refractivity contribution in [3.8, 4) is 0 Å². The molecule has 1 saturated carbocycles. The molecule has 0 saturated heterocycles. The van der Waals surface area contributed by atoms with E-state index in [1.807, 2.05) is 6.07 Å². The maximum Gasteiger partial charge on any atom is 0.227 e. The van der Waals surface area contributed by atoms with E-state index in [9.17, 15) is 0 Å². The quantitative estimate of drug-likeness (QED) is 0.554. The summed E-state index contributed by atoms with van der Waals surface area (Å²) in [5, 5.41) is 11.5. The van der Waals surface area contributed by atoms with Crippen molar-refractivity contribution in [2.24, 2.45) is 10.7 Å². The van der Waals surface area contributed by atoms with E-state index in [4.69, 9.17) is 15.7 Å². The smallest absolute Gasteiger partial charge is 0.227 e. The molecule has 166 valence electrons. The third kappa shape index (κ3) is 4.66. The summed E-state index contributed by atoms with van der Waals surface area (Å²) in [5.74, 6) is 1.10. The van der Waals surface area contributed by atoms with Crippen molar-refractivity contribution in [3.63, 3.8) is 0 Å². The molecular weight excluding hydrogens is 386 g/mol. The van der Waals surface area contributed by atoms with Crippen molar-refractivity contribution in [1.29, 1.82) is 0 Å². The summed E-state index contributed by atoms with van der Waals surface area (Å²) in [6.07, 6.45) is 4.10. The Morgan fingerprint density at radius 2 is 1.84 bits per heavy atom. The first-order valence-corrected chi connectivity index (χ1v) is 11.5. The molecule has 31 heavy (non-hydrogen) atoms. The van der Waals surface area contributed by atoms with Crippen molar-refractivity contribution >= 4 is 16.9 Å². The highest BCUT2D eigenvalue weighted by molar-refractivity contribution is 5.87. The number of hydrogen-bond donors (Lipinski definition) is 3. The van der Waals surface area contributed by atoms with Gasteiger partial charge in [-0.2, -0.15) is 10.1 Å². The van der Waals surface area contributed by atoms with Crippen molar-refractivity contribution < 1.29 is 0 Å². The van der Waals surface area contributed by atoms with Crippen LogP contribution < -0.4 is 16.7 Å². The average molecular weight is 422 g/mol. The number of nitrogens with zero attached hydrogens (tertiary/aromatic N) is 4. The van der Waals surface area contributed by atoms with E-state index in [0.717, 1.165) is 53.8 Å². The molecule has 0 amide bonds. The zero-order chi connectivity index (χ0) is 22.0. The van der Waals surface area contributed by atoms with Gasteiger partial charge in [-0.15, -0.1) is 0 Å². The van der Waals surface area contributed by atoms with E-state index < -0.39 is 0 Å². The summed E-state index contributed by atoms with van der Waals surface area (Å²) in [4.78, 5) is 10.1. The first-order valence-electron chi connectivity index (χ1n) is 11.5. The van der Waals surface area contributed by atoms with Crippen LogP contribution in [0.4, 0.5) is 5.82 Å². The van der Waals surface area contributed by atoms with Gasteiger partial charge in [0, 0.05) is 18.6 Å². The maximum absolute atomic E-state index is 6.12. The highest BCUT2D eigenvalue weighted by atomic mass is 15.2. The highest BCUT2D eigenvalue weighted by Gasteiger charge is 2.22. The molecule has 1 aliphatic rings. The standard InChI is InChI=1S/C24H35N7/c1-15(2)20-22-21(30-29-20)23(26-14-17-8-6-5-7-9-17)28-24(31(22)16(3)4)27-19-12-10-18(25)11-13-19/h5-9,15-16,18-19H,10-14,25H2,1-4H3,(H,29,30)(H,26,27,28). The van der Waals surface area contributed by atoms with Gasteiger partial charge in [-0.25, -0.2) is 4.99 Å². The number of nitrogens with one attached hydrogen (secondary N) is 2. The topological polar surface area (TPSA) is 96.9 Å². The van der Waals surface area contributed by atoms with Crippen LogP contribution in [0.25, 0.3) is 11.0 Å². The summed E-state index contributed by atoms with van der Waals surface area (Å²) < 4.78 is 2.25. The number of rotatable bonds is 6. The van der Waals surface area contributed by atoms with Gasteiger partial charge in [-0.1, -0.05) is 44.2 Å². The van der Waals surface area contributed by atoms with Crippen LogP contribution in [0.1, 0.15) is 76.6 Å². The molecule has 7 heteroatoms. The Hall–Kier alpha value is -2.67. The van der Waals surface area contributed by atoms with E-state index >= 15 is 0 Å². The third-order valence-electron chi connectivity index (χ3n) is 6.10. The lowest BCUT2D eigenvalue weighted by Gasteiger charge is -2.24. The summed E-state index contributed by atoms with van der Waals surface area (Å²) >= 11 is 0.